The van der Waals surface area contributed by atoms with Crippen molar-refractivity contribution in [3.8, 4) is 0 Å². The van der Waals surface area contributed by atoms with Crippen molar-refractivity contribution in [1.29, 1.82) is 0 Å². The molecule has 3 heteroatoms. The van der Waals surface area contributed by atoms with Crippen LogP contribution >= 0.6 is 12.4 Å². The average Bonchev–Trinajstić information content (AvgIpc) is 3.22. The van der Waals surface area contributed by atoms with Crippen molar-refractivity contribution < 1.29 is 5.11 Å². The molecule has 1 saturated carbocycles. The van der Waals surface area contributed by atoms with Gasteiger partial charge in [0.1, 0.15) is 0 Å². The topological polar surface area (TPSA) is 46.2 Å². The van der Waals surface area contributed by atoms with Crippen molar-refractivity contribution in [2.24, 2.45) is 11.7 Å². The van der Waals surface area contributed by atoms with Crippen LogP contribution < -0.4 is 5.73 Å². The van der Waals surface area contributed by atoms with Gasteiger partial charge in [-0.3, -0.25) is 0 Å². The van der Waals surface area contributed by atoms with Gasteiger partial charge in [-0.15, -0.1) is 12.4 Å². The molecule has 0 heterocycles. The molecule has 2 aromatic rings. The summed E-state index contributed by atoms with van der Waals surface area (Å²) in [4.78, 5) is 0. The van der Waals surface area contributed by atoms with Gasteiger partial charge in [0.15, 0.2) is 0 Å². The van der Waals surface area contributed by atoms with E-state index in [2.05, 4.69) is 31.2 Å². The highest BCUT2D eigenvalue weighted by Crippen LogP contribution is 2.38. The van der Waals surface area contributed by atoms with Crippen molar-refractivity contribution in [1.82, 2.24) is 0 Å². The molecule has 3 rings (SSSR count). The highest BCUT2D eigenvalue weighted by Gasteiger charge is 2.34. The van der Waals surface area contributed by atoms with E-state index in [1.54, 1.807) is 0 Å². The third-order valence-corrected chi connectivity index (χ3v) is 4.01. The smallest absolute Gasteiger partial charge is 0.0761 e. The largest absolute Gasteiger partial charge is 0.391 e. The second-order valence-corrected chi connectivity index (χ2v) is 5.37. The summed E-state index contributed by atoms with van der Waals surface area (Å²) in [5.41, 5.74) is 8.56. The van der Waals surface area contributed by atoms with Crippen molar-refractivity contribution in [3.63, 3.8) is 0 Å². The van der Waals surface area contributed by atoms with Crippen LogP contribution in [0.25, 0.3) is 10.8 Å². The number of fused-ring (bicyclic) bond motifs is 1. The Morgan fingerprint density at radius 3 is 2.37 bits per heavy atom. The van der Waals surface area contributed by atoms with Crippen LogP contribution in [-0.2, 0) is 0 Å². The van der Waals surface area contributed by atoms with Gasteiger partial charge in [-0.25, -0.2) is 0 Å². The van der Waals surface area contributed by atoms with Crippen LogP contribution in [0.4, 0.5) is 0 Å². The summed E-state index contributed by atoms with van der Waals surface area (Å²) in [6, 6.07) is 12.2. The fourth-order valence-electron chi connectivity index (χ4n) is 2.68. The molecule has 2 atom stereocenters. The van der Waals surface area contributed by atoms with Crippen LogP contribution in [0.15, 0.2) is 36.4 Å². The zero-order valence-corrected chi connectivity index (χ0v) is 11.9. The fourth-order valence-corrected chi connectivity index (χ4v) is 2.68. The number of rotatable bonds is 3. The molecule has 19 heavy (non-hydrogen) atoms. The van der Waals surface area contributed by atoms with Crippen molar-refractivity contribution in [2.45, 2.75) is 31.9 Å². The van der Waals surface area contributed by atoms with E-state index in [9.17, 15) is 5.11 Å². The summed E-state index contributed by atoms with van der Waals surface area (Å²) < 4.78 is 0. The third kappa shape index (κ3) is 2.62. The Bertz CT molecular complexity index is 580. The van der Waals surface area contributed by atoms with Crippen molar-refractivity contribution >= 4 is 23.2 Å². The molecular formula is C16H20ClNO. The summed E-state index contributed by atoms with van der Waals surface area (Å²) >= 11 is 0. The molecule has 102 valence electrons. The molecule has 1 fully saturated rings. The van der Waals surface area contributed by atoms with Gasteiger partial charge < -0.3 is 10.8 Å². The van der Waals surface area contributed by atoms with Gasteiger partial charge in [-0.1, -0.05) is 36.4 Å². The molecule has 1 aliphatic carbocycles. The Kier molecular flexibility index (Phi) is 4.14. The molecule has 2 nitrogen and oxygen atoms in total. The van der Waals surface area contributed by atoms with Crippen molar-refractivity contribution in [2.75, 3.05) is 0 Å². The number of aliphatic hydroxyl groups excluding tert-OH is 1. The van der Waals surface area contributed by atoms with Crippen molar-refractivity contribution in [3.05, 3.63) is 47.5 Å². The molecule has 2 aromatic carbocycles. The molecule has 0 radical (unpaired) electrons. The van der Waals surface area contributed by atoms with Gasteiger partial charge in [0, 0.05) is 0 Å². The lowest BCUT2D eigenvalue weighted by Crippen LogP contribution is -2.28. The van der Waals surface area contributed by atoms with E-state index >= 15 is 0 Å². The van der Waals surface area contributed by atoms with E-state index in [4.69, 9.17) is 5.73 Å². The van der Waals surface area contributed by atoms with E-state index in [1.165, 1.54) is 16.3 Å². The first-order valence-electron chi connectivity index (χ1n) is 6.60. The molecule has 0 amide bonds. The van der Waals surface area contributed by atoms with Crippen LogP contribution in [0.5, 0.6) is 0 Å². The molecule has 0 unspecified atom stereocenters. The lowest BCUT2D eigenvalue weighted by atomic mass is 9.92. The Morgan fingerprint density at radius 2 is 1.74 bits per heavy atom. The number of aryl methyl sites for hydroxylation is 1. The summed E-state index contributed by atoms with van der Waals surface area (Å²) in [5, 5.41) is 12.6. The zero-order valence-electron chi connectivity index (χ0n) is 11.0. The molecule has 0 aromatic heterocycles. The number of halogens is 1. The van der Waals surface area contributed by atoms with Gasteiger partial charge in [0.05, 0.1) is 12.1 Å². The van der Waals surface area contributed by atoms with E-state index in [-0.39, 0.29) is 18.4 Å². The predicted octanol–water partition coefficient (Wildman–Crippen LogP) is 3.34. The molecule has 0 saturated heterocycles. The van der Waals surface area contributed by atoms with Crippen LogP contribution in [0.1, 0.15) is 30.0 Å². The maximum absolute atomic E-state index is 10.2. The zero-order chi connectivity index (χ0) is 12.7. The van der Waals surface area contributed by atoms with Crippen LogP contribution in [0.2, 0.25) is 0 Å². The minimum absolute atomic E-state index is 0. The monoisotopic (exact) mass is 277 g/mol. The van der Waals surface area contributed by atoms with Gasteiger partial charge >= 0.3 is 0 Å². The van der Waals surface area contributed by atoms with Gasteiger partial charge in [-0.2, -0.15) is 0 Å². The maximum Gasteiger partial charge on any atom is 0.0761 e. The van der Waals surface area contributed by atoms with E-state index < -0.39 is 6.10 Å². The fraction of sp³-hybridized carbons (Fsp3) is 0.375. The molecular weight excluding hydrogens is 258 g/mol. The molecule has 0 aliphatic heterocycles. The molecule has 0 bridgehead atoms. The standard InChI is InChI=1S/C16H19NO.ClH/c1-10-6-9-14(13-5-3-2-4-12(10)13)15(17)16(18)11-7-8-11;/h2-6,9,11,15-16,18H,7-8,17H2,1H3;1H/t15-,16+;/m0./s1. The number of hydrogen-bond acceptors (Lipinski definition) is 2. The number of aliphatic hydroxyl groups is 1. The van der Waals surface area contributed by atoms with E-state index in [0.29, 0.717) is 5.92 Å². The van der Waals surface area contributed by atoms with E-state index in [0.717, 1.165) is 18.4 Å². The minimum Gasteiger partial charge on any atom is -0.391 e. The molecule has 0 spiro atoms. The third-order valence-electron chi connectivity index (χ3n) is 4.01. The minimum atomic E-state index is -0.406. The first-order valence-corrected chi connectivity index (χ1v) is 6.60. The molecule has 3 N–H and O–H groups in total. The Balaban J connectivity index is 0.00000133. The number of nitrogens with two attached hydrogens (primary N) is 1. The lowest BCUT2D eigenvalue weighted by molar-refractivity contribution is 0.123. The van der Waals surface area contributed by atoms with Gasteiger partial charge in [0.2, 0.25) is 0 Å². The van der Waals surface area contributed by atoms with Gasteiger partial charge in [0.25, 0.3) is 0 Å². The van der Waals surface area contributed by atoms with Crippen LogP contribution in [-0.4, -0.2) is 11.2 Å². The second kappa shape index (κ2) is 5.49. The number of hydrogen-bond donors (Lipinski definition) is 2. The Hall–Kier alpha value is -1.09. The van der Waals surface area contributed by atoms with Crippen LogP contribution in [0, 0.1) is 12.8 Å². The number of benzene rings is 2. The first-order chi connectivity index (χ1) is 8.68. The quantitative estimate of drug-likeness (QED) is 0.904. The average molecular weight is 278 g/mol. The normalized spacial score (nSPS) is 17.8. The first kappa shape index (κ1) is 14.3. The van der Waals surface area contributed by atoms with Crippen LogP contribution in [0.3, 0.4) is 0 Å². The van der Waals surface area contributed by atoms with Gasteiger partial charge in [-0.05, 0) is 47.6 Å². The lowest BCUT2D eigenvalue weighted by Gasteiger charge is -2.21. The SMILES string of the molecule is Cc1ccc([C@H](N)[C@H](O)C2CC2)c2ccccc12.Cl. The molecule has 1 aliphatic rings. The maximum atomic E-state index is 10.2. The summed E-state index contributed by atoms with van der Waals surface area (Å²) in [7, 11) is 0. The predicted molar refractivity (Wildman–Crippen MR) is 81.6 cm³/mol. The summed E-state index contributed by atoms with van der Waals surface area (Å²) in [6.07, 6.45) is 1.81. The highest BCUT2D eigenvalue weighted by molar-refractivity contribution is 5.89. The Morgan fingerprint density at radius 1 is 1.11 bits per heavy atom. The summed E-state index contributed by atoms with van der Waals surface area (Å²) in [6.45, 7) is 2.11. The second-order valence-electron chi connectivity index (χ2n) is 5.37. The Labute approximate surface area is 120 Å². The van der Waals surface area contributed by atoms with E-state index in [1.807, 2.05) is 12.1 Å². The summed E-state index contributed by atoms with van der Waals surface area (Å²) in [5.74, 6) is 0.403. The highest BCUT2D eigenvalue weighted by atomic mass is 35.5.